The van der Waals surface area contributed by atoms with E-state index in [2.05, 4.69) is 39.8 Å². The number of fused-ring (bicyclic) bond motifs is 1. The van der Waals surface area contributed by atoms with Crippen molar-refractivity contribution in [2.24, 2.45) is 0 Å². The molecular formula is C37H37FO4. The summed E-state index contributed by atoms with van der Waals surface area (Å²) in [4.78, 5) is 26.3. The van der Waals surface area contributed by atoms with Crippen molar-refractivity contribution < 1.29 is 23.5 Å². The number of hydrogen-bond acceptors (Lipinski definition) is 4. The largest absolute Gasteiger partial charge is 0.457 e. The van der Waals surface area contributed by atoms with Crippen LogP contribution in [0.3, 0.4) is 0 Å². The maximum absolute atomic E-state index is 13.7. The van der Waals surface area contributed by atoms with Crippen LogP contribution in [0.25, 0.3) is 0 Å². The van der Waals surface area contributed by atoms with E-state index in [0.717, 1.165) is 29.5 Å². The van der Waals surface area contributed by atoms with E-state index in [0.29, 0.717) is 17.7 Å². The maximum atomic E-state index is 13.7. The number of hydrogen-bond donors (Lipinski definition) is 0. The highest BCUT2D eigenvalue weighted by atomic mass is 19.1. The van der Waals surface area contributed by atoms with Gasteiger partial charge in [-0.1, -0.05) is 88.4 Å². The summed E-state index contributed by atoms with van der Waals surface area (Å²) >= 11 is 0. The zero-order valence-electron chi connectivity index (χ0n) is 24.7. The highest BCUT2D eigenvalue weighted by Crippen LogP contribution is 2.46. The van der Waals surface area contributed by atoms with Crippen molar-refractivity contribution >= 4 is 11.9 Å². The minimum atomic E-state index is -0.600. The molecule has 4 aromatic carbocycles. The summed E-state index contributed by atoms with van der Waals surface area (Å²) in [5, 5.41) is 0. The molecule has 0 heterocycles. The first-order valence-corrected chi connectivity index (χ1v) is 14.4. The second-order valence-corrected chi connectivity index (χ2v) is 12.5. The molecule has 42 heavy (non-hydrogen) atoms. The number of ether oxygens (including phenoxy) is 2. The molecule has 0 radical (unpaired) electrons. The fraction of sp³-hybridized carbons (Fsp3) is 0.297. The van der Waals surface area contributed by atoms with Crippen LogP contribution in [-0.4, -0.2) is 11.9 Å². The minimum absolute atomic E-state index is 0.0177. The zero-order chi connectivity index (χ0) is 29.9. The van der Waals surface area contributed by atoms with Crippen molar-refractivity contribution in [3.63, 3.8) is 0 Å². The summed E-state index contributed by atoms with van der Waals surface area (Å²) in [5.41, 5.74) is 5.59. The van der Waals surface area contributed by atoms with Crippen molar-refractivity contribution in [1.29, 1.82) is 0 Å². The molecule has 216 valence electrons. The Bertz CT molecular complexity index is 1550. The molecule has 5 rings (SSSR count). The number of benzene rings is 4. The highest BCUT2D eigenvalue weighted by Gasteiger charge is 2.38. The molecule has 5 heteroatoms. The van der Waals surface area contributed by atoms with E-state index in [4.69, 9.17) is 9.47 Å². The van der Waals surface area contributed by atoms with Crippen molar-refractivity contribution in [3.8, 4) is 5.75 Å². The van der Waals surface area contributed by atoms with E-state index in [9.17, 15) is 14.0 Å². The van der Waals surface area contributed by atoms with Gasteiger partial charge in [0.15, 0.2) is 0 Å². The smallest absolute Gasteiger partial charge is 0.338 e. The molecule has 0 spiro atoms. The van der Waals surface area contributed by atoms with Gasteiger partial charge < -0.3 is 9.47 Å². The third-order valence-electron chi connectivity index (χ3n) is 8.44. The molecule has 0 saturated heterocycles. The van der Waals surface area contributed by atoms with Crippen LogP contribution in [0.2, 0.25) is 0 Å². The van der Waals surface area contributed by atoms with E-state index in [1.807, 2.05) is 36.4 Å². The Morgan fingerprint density at radius 1 is 0.762 bits per heavy atom. The van der Waals surface area contributed by atoms with Crippen LogP contribution in [0, 0.1) is 5.82 Å². The molecule has 0 N–H and O–H groups in total. The van der Waals surface area contributed by atoms with Crippen LogP contribution in [0.4, 0.5) is 4.39 Å². The summed E-state index contributed by atoms with van der Waals surface area (Å²) in [5.74, 6) is -1.45. The van der Waals surface area contributed by atoms with Gasteiger partial charge in [-0.2, -0.15) is 0 Å². The van der Waals surface area contributed by atoms with Crippen LogP contribution in [0.15, 0.2) is 97.1 Å². The number of rotatable bonds is 8. The number of esters is 2. The standard InChI is InChI=1S/C37H37FO4/c1-36(2)20-21-37(3,4)33-23-28(14-19-32(33)36)31(22-25-10-15-29(38)16-11-25)35(40)42-30-17-12-27(13-18-30)34(39)41-24-26-8-6-5-7-9-26/h5-19,23,31H,20-22,24H2,1-4H3. The third-order valence-corrected chi connectivity index (χ3v) is 8.44. The summed E-state index contributed by atoms with van der Waals surface area (Å²) in [6, 6.07) is 28.4. The van der Waals surface area contributed by atoms with Gasteiger partial charge >= 0.3 is 11.9 Å². The van der Waals surface area contributed by atoms with Crippen molar-refractivity contribution in [1.82, 2.24) is 0 Å². The SMILES string of the molecule is CC1(C)CCC(C)(C)c2cc(C(Cc3ccc(F)cc3)C(=O)Oc3ccc(C(=O)OCc4ccccc4)cc3)ccc21. The van der Waals surface area contributed by atoms with Gasteiger partial charge in [-0.15, -0.1) is 0 Å². The first kappa shape index (κ1) is 29.2. The first-order chi connectivity index (χ1) is 20.0. The number of carbonyl (C=O) groups excluding carboxylic acids is 2. The monoisotopic (exact) mass is 564 g/mol. The van der Waals surface area contributed by atoms with Gasteiger partial charge in [-0.3, -0.25) is 4.79 Å². The maximum Gasteiger partial charge on any atom is 0.338 e. The molecule has 0 fully saturated rings. The van der Waals surface area contributed by atoms with E-state index in [-0.39, 0.29) is 23.3 Å². The lowest BCUT2D eigenvalue weighted by Crippen LogP contribution is -2.34. The van der Waals surface area contributed by atoms with Gasteiger partial charge in [-0.25, -0.2) is 9.18 Å². The Kier molecular flexibility index (Phi) is 8.31. The lowest BCUT2D eigenvalue weighted by Gasteiger charge is -2.42. The summed E-state index contributed by atoms with van der Waals surface area (Å²) in [6.07, 6.45) is 2.53. The fourth-order valence-electron chi connectivity index (χ4n) is 5.67. The molecule has 0 saturated carbocycles. The summed E-state index contributed by atoms with van der Waals surface area (Å²) in [6.45, 7) is 9.23. The Morgan fingerprint density at radius 3 is 2.07 bits per heavy atom. The van der Waals surface area contributed by atoms with Crippen LogP contribution < -0.4 is 4.74 Å². The zero-order valence-corrected chi connectivity index (χ0v) is 24.7. The Labute approximate surface area is 247 Å². The quantitative estimate of drug-likeness (QED) is 0.159. The highest BCUT2D eigenvalue weighted by molar-refractivity contribution is 5.89. The van der Waals surface area contributed by atoms with Gasteiger partial charge in [-0.05, 0) is 94.3 Å². The van der Waals surface area contributed by atoms with Gasteiger partial charge in [0.2, 0.25) is 0 Å². The van der Waals surface area contributed by atoms with E-state index in [1.165, 1.54) is 23.3 Å². The molecule has 1 aliphatic rings. The lowest BCUT2D eigenvalue weighted by atomic mass is 9.62. The summed E-state index contributed by atoms with van der Waals surface area (Å²) in [7, 11) is 0. The molecule has 1 unspecified atom stereocenters. The molecule has 1 aliphatic carbocycles. The Morgan fingerprint density at radius 2 is 1.40 bits per heavy atom. The van der Waals surface area contributed by atoms with E-state index in [1.54, 1.807) is 36.4 Å². The third kappa shape index (κ3) is 6.62. The average molecular weight is 565 g/mol. The summed E-state index contributed by atoms with van der Waals surface area (Å²) < 4.78 is 24.9. The van der Waals surface area contributed by atoms with Crippen LogP contribution in [-0.2, 0) is 33.4 Å². The van der Waals surface area contributed by atoms with Crippen LogP contribution in [0.5, 0.6) is 5.75 Å². The second kappa shape index (κ2) is 11.9. The number of halogens is 1. The van der Waals surface area contributed by atoms with Gasteiger partial charge in [0.05, 0.1) is 11.5 Å². The van der Waals surface area contributed by atoms with E-state index >= 15 is 0 Å². The van der Waals surface area contributed by atoms with Crippen LogP contribution >= 0.6 is 0 Å². The molecule has 0 amide bonds. The minimum Gasteiger partial charge on any atom is -0.457 e. The number of carbonyl (C=O) groups is 2. The normalized spacial score (nSPS) is 15.7. The second-order valence-electron chi connectivity index (χ2n) is 12.5. The average Bonchev–Trinajstić information content (AvgIpc) is 2.98. The molecule has 0 aromatic heterocycles. The van der Waals surface area contributed by atoms with Crippen LogP contribution in [0.1, 0.15) is 84.6 Å². The molecule has 4 nitrogen and oxygen atoms in total. The molecule has 4 aromatic rings. The molecule has 0 aliphatic heterocycles. The topological polar surface area (TPSA) is 52.6 Å². The molecule has 0 bridgehead atoms. The predicted molar refractivity (Wildman–Crippen MR) is 162 cm³/mol. The Balaban J connectivity index is 1.37. The lowest BCUT2D eigenvalue weighted by molar-refractivity contribution is -0.136. The van der Waals surface area contributed by atoms with Crippen molar-refractivity contribution in [3.05, 3.63) is 136 Å². The van der Waals surface area contributed by atoms with Gasteiger partial charge in [0, 0.05) is 0 Å². The van der Waals surface area contributed by atoms with Gasteiger partial charge in [0.25, 0.3) is 0 Å². The Hall–Kier alpha value is -4.25. The van der Waals surface area contributed by atoms with E-state index < -0.39 is 17.9 Å². The van der Waals surface area contributed by atoms with Crippen molar-refractivity contribution in [2.75, 3.05) is 0 Å². The van der Waals surface area contributed by atoms with Crippen molar-refractivity contribution in [2.45, 2.75) is 70.3 Å². The molecule has 1 atom stereocenters. The molecular weight excluding hydrogens is 527 g/mol. The van der Waals surface area contributed by atoms with Gasteiger partial charge in [0.1, 0.15) is 18.2 Å². The fourth-order valence-corrected chi connectivity index (χ4v) is 5.67. The first-order valence-electron chi connectivity index (χ1n) is 14.4. The predicted octanol–water partition coefficient (Wildman–Crippen LogP) is 8.46.